The van der Waals surface area contributed by atoms with Gasteiger partial charge in [0.1, 0.15) is 29.2 Å². The van der Waals surface area contributed by atoms with Crippen LogP contribution in [0.3, 0.4) is 0 Å². The van der Waals surface area contributed by atoms with Gasteiger partial charge in [-0.1, -0.05) is 25.1 Å². The summed E-state index contributed by atoms with van der Waals surface area (Å²) in [5, 5.41) is 16.4. The molecule has 0 aromatic heterocycles. The number of phenols is 1. The summed E-state index contributed by atoms with van der Waals surface area (Å²) in [6, 6.07) is 11.1. The Labute approximate surface area is 234 Å². The van der Waals surface area contributed by atoms with Crippen molar-refractivity contribution in [2.24, 2.45) is 5.92 Å². The highest BCUT2D eigenvalue weighted by Gasteiger charge is 2.48. The molecule has 9 nitrogen and oxygen atoms in total. The molecule has 3 N–H and O–H groups in total. The number of ether oxygens (including phenoxy) is 2. The van der Waals surface area contributed by atoms with Crippen molar-refractivity contribution < 1.29 is 29.0 Å². The summed E-state index contributed by atoms with van der Waals surface area (Å²) in [4.78, 5) is 42.3. The van der Waals surface area contributed by atoms with Gasteiger partial charge in [-0.2, -0.15) is 11.8 Å². The van der Waals surface area contributed by atoms with E-state index >= 15 is 0 Å². The van der Waals surface area contributed by atoms with E-state index in [0.29, 0.717) is 35.6 Å². The zero-order chi connectivity index (χ0) is 28.7. The monoisotopic (exact) mass is 557 g/mol. The Morgan fingerprint density at radius 3 is 2.31 bits per heavy atom. The van der Waals surface area contributed by atoms with Crippen LogP contribution >= 0.6 is 11.8 Å². The molecule has 212 valence electrons. The first-order valence-corrected chi connectivity index (χ1v) is 14.4. The van der Waals surface area contributed by atoms with Crippen LogP contribution in [0.5, 0.6) is 11.5 Å². The maximum atomic E-state index is 14.2. The Kier molecular flexibility index (Phi) is 10.1. The maximum absolute atomic E-state index is 14.2. The number of thioether (sulfide) groups is 1. The summed E-state index contributed by atoms with van der Waals surface area (Å²) in [6.45, 7) is 7.26. The van der Waals surface area contributed by atoms with Gasteiger partial charge >= 0.3 is 6.09 Å². The molecule has 39 heavy (non-hydrogen) atoms. The average Bonchev–Trinajstić information content (AvgIpc) is 3.60. The van der Waals surface area contributed by atoms with Crippen molar-refractivity contribution in [2.45, 2.75) is 64.3 Å². The fourth-order valence-corrected chi connectivity index (χ4v) is 4.79. The van der Waals surface area contributed by atoms with Gasteiger partial charge in [0.15, 0.2) is 0 Å². The van der Waals surface area contributed by atoms with Crippen LogP contribution in [-0.2, 0) is 14.3 Å². The minimum absolute atomic E-state index is 0.0979. The molecule has 2 aromatic rings. The van der Waals surface area contributed by atoms with Crippen molar-refractivity contribution in [3.63, 3.8) is 0 Å². The summed E-state index contributed by atoms with van der Waals surface area (Å²) in [6.07, 6.45) is 2.27. The van der Waals surface area contributed by atoms with Crippen molar-refractivity contribution >= 4 is 35.4 Å². The highest BCUT2D eigenvalue weighted by atomic mass is 32.2. The van der Waals surface area contributed by atoms with E-state index in [1.165, 1.54) is 11.0 Å². The number of carbonyl (C=O) groups excluding carboxylic acids is 3. The number of anilines is 1. The van der Waals surface area contributed by atoms with Gasteiger partial charge in [0.05, 0.1) is 7.11 Å². The lowest BCUT2D eigenvalue weighted by molar-refractivity contribution is -0.141. The van der Waals surface area contributed by atoms with Crippen LogP contribution in [0.2, 0.25) is 0 Å². The number of rotatable bonds is 11. The third-order valence-electron chi connectivity index (χ3n) is 6.39. The quantitative estimate of drug-likeness (QED) is 0.357. The zero-order valence-electron chi connectivity index (χ0n) is 23.4. The minimum atomic E-state index is -1.13. The second kappa shape index (κ2) is 13.1. The Hall–Kier alpha value is -3.40. The van der Waals surface area contributed by atoms with Gasteiger partial charge in [-0.3, -0.25) is 9.59 Å². The number of nitrogens with one attached hydrogen (secondary N) is 2. The van der Waals surface area contributed by atoms with E-state index in [4.69, 9.17) is 9.47 Å². The molecule has 1 aliphatic carbocycles. The summed E-state index contributed by atoms with van der Waals surface area (Å²) in [5.74, 6) is 0.425. The molecule has 0 saturated heterocycles. The third-order valence-corrected chi connectivity index (χ3v) is 7.04. The van der Waals surface area contributed by atoms with Gasteiger partial charge < -0.3 is 30.1 Å². The lowest BCUT2D eigenvalue weighted by atomic mass is 10.0. The van der Waals surface area contributed by atoms with Crippen LogP contribution in [0.1, 0.15) is 52.1 Å². The van der Waals surface area contributed by atoms with Crippen LogP contribution in [-0.4, -0.2) is 64.7 Å². The van der Waals surface area contributed by atoms with Gasteiger partial charge in [-0.15, -0.1) is 0 Å². The Morgan fingerprint density at radius 2 is 1.77 bits per heavy atom. The predicted molar refractivity (Wildman–Crippen MR) is 153 cm³/mol. The smallest absolute Gasteiger partial charge is 0.408 e. The van der Waals surface area contributed by atoms with E-state index in [1.807, 2.05) is 13.2 Å². The molecule has 1 aliphatic rings. The second-order valence-electron chi connectivity index (χ2n) is 10.7. The van der Waals surface area contributed by atoms with E-state index in [2.05, 4.69) is 10.6 Å². The van der Waals surface area contributed by atoms with Gasteiger partial charge in [-0.25, -0.2) is 4.79 Å². The topological polar surface area (TPSA) is 117 Å². The first-order chi connectivity index (χ1) is 18.4. The molecule has 10 heteroatoms. The molecule has 0 aliphatic heterocycles. The molecule has 4 unspecified atom stereocenters. The Bertz CT molecular complexity index is 1150. The zero-order valence-corrected chi connectivity index (χ0v) is 24.2. The van der Waals surface area contributed by atoms with E-state index in [0.717, 1.165) is 0 Å². The molecular weight excluding hydrogens is 518 g/mol. The molecule has 3 amide bonds. The highest BCUT2D eigenvalue weighted by Crippen LogP contribution is 2.42. The number of benzene rings is 2. The normalized spacial score (nSPS) is 17.9. The van der Waals surface area contributed by atoms with Crippen molar-refractivity contribution in [2.75, 3.05) is 24.4 Å². The van der Waals surface area contributed by atoms with Crippen LogP contribution < -0.4 is 15.4 Å². The number of para-hydroxylation sites is 1. The van der Waals surface area contributed by atoms with Crippen LogP contribution in [0, 0.1) is 5.92 Å². The number of hydrogen-bond acceptors (Lipinski definition) is 7. The number of methoxy groups -OCH3 is 1. The van der Waals surface area contributed by atoms with E-state index < -0.39 is 35.6 Å². The molecule has 2 aromatic carbocycles. The molecule has 4 atom stereocenters. The molecule has 0 bridgehead atoms. The minimum Gasteiger partial charge on any atom is -0.508 e. The molecule has 0 radical (unpaired) electrons. The van der Waals surface area contributed by atoms with Gasteiger partial charge in [-0.05, 0) is 81.9 Å². The number of amides is 3. The summed E-state index contributed by atoms with van der Waals surface area (Å²) >= 11 is 1.55. The second-order valence-corrected chi connectivity index (χ2v) is 11.7. The van der Waals surface area contributed by atoms with Crippen LogP contribution in [0.15, 0.2) is 48.5 Å². The lowest BCUT2D eigenvalue weighted by Crippen LogP contribution is -2.53. The number of nitrogens with zero attached hydrogens (tertiary/aromatic N) is 1. The standard InChI is InChI=1S/C29H39N3O6S/c1-18-17-23(18)32(27(35)22(15-16-39-6)31-28(36)38-29(2,3)4)25(21-9-7-8-10-24(21)33)26(34)30-19-11-13-20(37-5)14-12-19/h7-14,18,22-23,25,33H,15-17H2,1-6H3,(H,30,34)(H,31,36). The molecule has 1 fully saturated rings. The lowest BCUT2D eigenvalue weighted by Gasteiger charge is -2.35. The predicted octanol–water partition coefficient (Wildman–Crippen LogP) is 4.96. The Balaban J connectivity index is 2.00. The summed E-state index contributed by atoms with van der Waals surface area (Å²) in [5.41, 5.74) is 0.0820. The number of carbonyl (C=O) groups is 3. The van der Waals surface area contributed by atoms with Crippen molar-refractivity contribution in [3.05, 3.63) is 54.1 Å². The Morgan fingerprint density at radius 1 is 1.13 bits per heavy atom. The fourth-order valence-electron chi connectivity index (χ4n) is 4.32. The van der Waals surface area contributed by atoms with E-state index in [9.17, 15) is 19.5 Å². The van der Waals surface area contributed by atoms with Crippen molar-refractivity contribution in [1.29, 1.82) is 0 Å². The van der Waals surface area contributed by atoms with Crippen LogP contribution in [0.4, 0.5) is 10.5 Å². The number of aromatic hydroxyl groups is 1. The average molecular weight is 558 g/mol. The number of alkyl carbamates (subject to hydrolysis) is 1. The van der Waals surface area contributed by atoms with Gasteiger partial charge in [0, 0.05) is 17.3 Å². The van der Waals surface area contributed by atoms with Crippen molar-refractivity contribution in [1.82, 2.24) is 10.2 Å². The van der Waals surface area contributed by atoms with Gasteiger partial charge in [0.25, 0.3) is 5.91 Å². The molecule has 3 rings (SSSR count). The molecule has 0 heterocycles. The van der Waals surface area contributed by atoms with E-state index in [1.54, 1.807) is 82.1 Å². The maximum Gasteiger partial charge on any atom is 0.408 e. The highest BCUT2D eigenvalue weighted by molar-refractivity contribution is 7.98. The first-order valence-electron chi connectivity index (χ1n) is 13.0. The molecular formula is C29H39N3O6S. The fraction of sp³-hybridized carbons (Fsp3) is 0.483. The first kappa shape index (κ1) is 30.1. The largest absolute Gasteiger partial charge is 0.508 e. The summed E-state index contributed by atoms with van der Waals surface area (Å²) in [7, 11) is 1.56. The molecule has 1 saturated carbocycles. The number of phenolic OH excluding ortho intramolecular Hbond substituents is 1. The van der Waals surface area contributed by atoms with Crippen LogP contribution in [0.25, 0.3) is 0 Å². The third kappa shape index (κ3) is 8.29. The van der Waals surface area contributed by atoms with Gasteiger partial charge in [0.2, 0.25) is 5.91 Å². The van der Waals surface area contributed by atoms with E-state index in [-0.39, 0.29) is 17.7 Å². The summed E-state index contributed by atoms with van der Waals surface area (Å²) < 4.78 is 10.6. The molecule has 0 spiro atoms. The number of hydrogen-bond donors (Lipinski definition) is 3. The SMILES string of the molecule is COc1ccc(NC(=O)C(c2ccccc2O)N(C(=O)C(CCSC)NC(=O)OC(C)(C)C)C2CC2C)cc1. The van der Waals surface area contributed by atoms with Crippen molar-refractivity contribution in [3.8, 4) is 11.5 Å².